The molecule has 0 aliphatic rings. The summed E-state index contributed by atoms with van der Waals surface area (Å²) in [5, 5.41) is 11.1. The standard InChI is InChI=1S/C9H11IN2O2/c10-7-5-6(1-2-8(7)11)9(14)12-3-4-13/h1-2,5,13H,3-4,11H2,(H,12,14). The molecule has 0 heterocycles. The number of carbonyl (C=O) groups is 1. The third kappa shape index (κ3) is 2.85. The Morgan fingerprint density at radius 1 is 1.57 bits per heavy atom. The van der Waals surface area contributed by atoms with Gasteiger partial charge in [0.25, 0.3) is 5.91 Å². The van der Waals surface area contributed by atoms with Crippen molar-refractivity contribution >= 4 is 34.2 Å². The van der Waals surface area contributed by atoms with E-state index in [0.717, 1.165) is 3.57 Å². The van der Waals surface area contributed by atoms with Crippen molar-refractivity contribution in [3.8, 4) is 0 Å². The number of hydrogen-bond donors (Lipinski definition) is 3. The average Bonchev–Trinajstić information content (AvgIpc) is 2.18. The van der Waals surface area contributed by atoms with Gasteiger partial charge in [0.2, 0.25) is 0 Å². The van der Waals surface area contributed by atoms with E-state index < -0.39 is 0 Å². The maximum atomic E-state index is 11.4. The van der Waals surface area contributed by atoms with Gasteiger partial charge in [-0.25, -0.2) is 0 Å². The highest BCUT2D eigenvalue weighted by atomic mass is 127. The van der Waals surface area contributed by atoms with E-state index in [2.05, 4.69) is 27.9 Å². The van der Waals surface area contributed by atoms with Gasteiger partial charge in [-0.3, -0.25) is 4.79 Å². The Morgan fingerprint density at radius 3 is 2.86 bits per heavy atom. The van der Waals surface area contributed by atoms with Crippen LogP contribution in [0.15, 0.2) is 18.2 Å². The molecule has 0 saturated heterocycles. The highest BCUT2D eigenvalue weighted by Crippen LogP contribution is 2.15. The summed E-state index contributed by atoms with van der Waals surface area (Å²) in [6.07, 6.45) is 0. The molecule has 5 heteroatoms. The second kappa shape index (κ2) is 5.16. The Kier molecular flexibility index (Phi) is 4.15. The molecule has 1 aromatic carbocycles. The van der Waals surface area contributed by atoms with Crippen LogP contribution < -0.4 is 11.1 Å². The number of carbonyl (C=O) groups excluding carboxylic acids is 1. The highest BCUT2D eigenvalue weighted by Gasteiger charge is 2.05. The second-order valence-corrected chi connectivity index (χ2v) is 3.88. The van der Waals surface area contributed by atoms with E-state index in [-0.39, 0.29) is 19.1 Å². The van der Waals surface area contributed by atoms with Crippen LogP contribution in [0.4, 0.5) is 5.69 Å². The van der Waals surface area contributed by atoms with E-state index >= 15 is 0 Å². The smallest absolute Gasteiger partial charge is 0.251 e. The molecule has 1 aromatic rings. The minimum atomic E-state index is -0.197. The van der Waals surface area contributed by atoms with Gasteiger partial charge in [0.05, 0.1) is 6.61 Å². The zero-order valence-corrected chi connectivity index (χ0v) is 9.61. The number of anilines is 1. The first-order valence-electron chi connectivity index (χ1n) is 4.09. The van der Waals surface area contributed by atoms with Crippen LogP contribution in [0.2, 0.25) is 0 Å². The molecule has 0 fully saturated rings. The van der Waals surface area contributed by atoms with E-state index in [0.29, 0.717) is 11.3 Å². The number of rotatable bonds is 3. The molecule has 76 valence electrons. The maximum Gasteiger partial charge on any atom is 0.251 e. The monoisotopic (exact) mass is 306 g/mol. The number of nitrogens with two attached hydrogens (primary N) is 1. The molecule has 0 atom stereocenters. The second-order valence-electron chi connectivity index (χ2n) is 2.72. The molecule has 0 unspecified atom stereocenters. The Hall–Kier alpha value is -0.820. The predicted molar refractivity (Wildman–Crippen MR) is 63.0 cm³/mol. The van der Waals surface area contributed by atoms with Crippen molar-refractivity contribution in [2.24, 2.45) is 0 Å². The van der Waals surface area contributed by atoms with Gasteiger partial charge in [-0.15, -0.1) is 0 Å². The Morgan fingerprint density at radius 2 is 2.29 bits per heavy atom. The maximum absolute atomic E-state index is 11.4. The van der Waals surface area contributed by atoms with Crippen LogP contribution in [-0.2, 0) is 0 Å². The molecule has 1 amide bonds. The molecule has 0 aromatic heterocycles. The largest absolute Gasteiger partial charge is 0.398 e. The molecule has 1 rings (SSSR count). The van der Waals surface area contributed by atoms with Gasteiger partial charge in [0.15, 0.2) is 0 Å². The van der Waals surface area contributed by atoms with Crippen molar-refractivity contribution in [2.75, 3.05) is 18.9 Å². The number of amides is 1. The summed E-state index contributed by atoms with van der Waals surface area (Å²) < 4.78 is 0.847. The number of aliphatic hydroxyl groups is 1. The molecular weight excluding hydrogens is 295 g/mol. The van der Waals surface area contributed by atoms with Gasteiger partial charge in [0.1, 0.15) is 0 Å². The molecule has 0 radical (unpaired) electrons. The van der Waals surface area contributed by atoms with Crippen molar-refractivity contribution in [3.05, 3.63) is 27.3 Å². The fraction of sp³-hybridized carbons (Fsp3) is 0.222. The third-order valence-corrected chi connectivity index (χ3v) is 2.59. The molecule has 0 saturated carbocycles. The van der Waals surface area contributed by atoms with Crippen LogP contribution >= 0.6 is 22.6 Å². The third-order valence-electron chi connectivity index (χ3n) is 1.66. The molecule has 0 bridgehead atoms. The lowest BCUT2D eigenvalue weighted by Crippen LogP contribution is -2.26. The van der Waals surface area contributed by atoms with Crippen LogP contribution in [0, 0.1) is 3.57 Å². The van der Waals surface area contributed by atoms with E-state index in [9.17, 15) is 4.79 Å². The van der Waals surface area contributed by atoms with Crippen molar-refractivity contribution in [1.82, 2.24) is 5.32 Å². The average molecular weight is 306 g/mol. The minimum Gasteiger partial charge on any atom is -0.398 e. The number of halogens is 1. The lowest BCUT2D eigenvalue weighted by Gasteiger charge is -2.04. The first-order chi connectivity index (χ1) is 6.65. The van der Waals surface area contributed by atoms with E-state index in [1.165, 1.54) is 0 Å². The fourth-order valence-corrected chi connectivity index (χ4v) is 1.46. The number of aliphatic hydroxyl groups excluding tert-OH is 1. The van der Waals surface area contributed by atoms with E-state index in [1.807, 2.05) is 0 Å². The molecule has 0 aliphatic heterocycles. The molecule has 4 N–H and O–H groups in total. The Labute approximate surface area is 95.6 Å². The molecule has 4 nitrogen and oxygen atoms in total. The summed E-state index contributed by atoms with van der Waals surface area (Å²) in [4.78, 5) is 11.4. The molecule has 0 spiro atoms. The summed E-state index contributed by atoms with van der Waals surface area (Å²) >= 11 is 2.07. The van der Waals surface area contributed by atoms with Crippen molar-refractivity contribution in [2.45, 2.75) is 0 Å². The van der Waals surface area contributed by atoms with Gasteiger partial charge >= 0.3 is 0 Å². The van der Waals surface area contributed by atoms with Gasteiger partial charge in [-0.05, 0) is 40.8 Å². The van der Waals surface area contributed by atoms with Crippen molar-refractivity contribution in [1.29, 1.82) is 0 Å². The summed E-state index contributed by atoms with van der Waals surface area (Å²) in [7, 11) is 0. The first kappa shape index (κ1) is 11.3. The van der Waals surface area contributed by atoms with E-state index in [4.69, 9.17) is 10.8 Å². The predicted octanol–water partition coefficient (Wildman–Crippen LogP) is 0.596. The van der Waals surface area contributed by atoms with Crippen LogP contribution in [0.5, 0.6) is 0 Å². The van der Waals surface area contributed by atoms with Crippen LogP contribution in [0.1, 0.15) is 10.4 Å². The van der Waals surface area contributed by atoms with Crippen LogP contribution in [0.25, 0.3) is 0 Å². The van der Waals surface area contributed by atoms with E-state index in [1.54, 1.807) is 18.2 Å². The number of nitrogens with one attached hydrogen (secondary N) is 1. The normalized spacial score (nSPS) is 9.86. The van der Waals surface area contributed by atoms with Gasteiger partial charge in [-0.2, -0.15) is 0 Å². The topological polar surface area (TPSA) is 75.4 Å². The molecule has 14 heavy (non-hydrogen) atoms. The Bertz CT molecular complexity index is 342. The van der Waals surface area contributed by atoms with Gasteiger partial charge in [-0.1, -0.05) is 0 Å². The number of benzene rings is 1. The summed E-state index contributed by atoms with van der Waals surface area (Å²) in [6.45, 7) is 0.206. The van der Waals surface area contributed by atoms with Gasteiger partial charge < -0.3 is 16.2 Å². The van der Waals surface area contributed by atoms with Gasteiger partial charge in [0, 0.05) is 21.4 Å². The lowest BCUT2D eigenvalue weighted by atomic mass is 10.2. The summed E-state index contributed by atoms with van der Waals surface area (Å²) in [5.41, 5.74) is 6.82. The molecule has 0 aliphatic carbocycles. The Balaban J connectivity index is 2.76. The van der Waals surface area contributed by atoms with Crippen molar-refractivity contribution < 1.29 is 9.90 Å². The lowest BCUT2D eigenvalue weighted by molar-refractivity contribution is 0.0945. The highest BCUT2D eigenvalue weighted by molar-refractivity contribution is 14.1. The van der Waals surface area contributed by atoms with Crippen LogP contribution in [0.3, 0.4) is 0 Å². The van der Waals surface area contributed by atoms with Crippen LogP contribution in [-0.4, -0.2) is 24.2 Å². The minimum absolute atomic E-state index is 0.0577. The SMILES string of the molecule is Nc1ccc(C(=O)NCCO)cc1I. The quantitative estimate of drug-likeness (QED) is 0.565. The summed E-state index contributed by atoms with van der Waals surface area (Å²) in [6, 6.07) is 5.06. The summed E-state index contributed by atoms with van der Waals surface area (Å²) in [5.74, 6) is -0.197. The molecular formula is C9H11IN2O2. The van der Waals surface area contributed by atoms with Crippen molar-refractivity contribution in [3.63, 3.8) is 0 Å². The fourth-order valence-electron chi connectivity index (χ4n) is 0.940. The first-order valence-corrected chi connectivity index (χ1v) is 5.17. The zero-order chi connectivity index (χ0) is 10.6. The number of hydrogen-bond acceptors (Lipinski definition) is 3. The number of nitrogen functional groups attached to an aromatic ring is 1. The zero-order valence-electron chi connectivity index (χ0n) is 7.46.